The average Bonchev–Trinajstić information content (AvgIpc) is 2.36. The molecule has 5 nitrogen and oxygen atoms in total. The number of azo groups is 1. The molecule has 0 saturated heterocycles. The van der Waals surface area contributed by atoms with Gasteiger partial charge in [0.25, 0.3) is 5.91 Å². The Morgan fingerprint density at radius 1 is 1.32 bits per heavy atom. The molecule has 0 heterocycles. The Bertz CT molecular complexity index is 533. The number of hydrogen-bond acceptors (Lipinski definition) is 4. The Balaban J connectivity index is 2.71. The second-order valence-corrected chi connectivity index (χ2v) is 3.91. The van der Waals surface area contributed by atoms with E-state index in [4.69, 9.17) is 4.74 Å². The van der Waals surface area contributed by atoms with Crippen LogP contribution in [0.25, 0.3) is 0 Å². The minimum absolute atomic E-state index is 0.294. The van der Waals surface area contributed by atoms with Gasteiger partial charge in [-0.05, 0) is 32.9 Å². The highest BCUT2D eigenvalue weighted by Gasteiger charge is 2.04. The Morgan fingerprint density at radius 3 is 2.68 bits per heavy atom. The summed E-state index contributed by atoms with van der Waals surface area (Å²) in [4.78, 5) is 22.8. The quantitative estimate of drug-likeness (QED) is 0.474. The van der Waals surface area contributed by atoms with Crippen molar-refractivity contribution in [2.75, 3.05) is 6.61 Å². The van der Waals surface area contributed by atoms with Crippen LogP contribution in [-0.2, 0) is 9.53 Å². The predicted molar refractivity (Wildman–Crippen MR) is 70.8 cm³/mol. The number of hydrogen-bond donors (Lipinski definition) is 0. The molecule has 0 fully saturated rings. The number of aryl methyl sites for hydroxylation is 1. The highest BCUT2D eigenvalue weighted by atomic mass is 16.5. The lowest BCUT2D eigenvalue weighted by Gasteiger charge is -1.97. The van der Waals surface area contributed by atoms with Crippen molar-refractivity contribution in [1.29, 1.82) is 0 Å². The van der Waals surface area contributed by atoms with Crippen LogP contribution in [0.4, 0.5) is 0 Å². The summed E-state index contributed by atoms with van der Waals surface area (Å²) >= 11 is 0. The van der Waals surface area contributed by atoms with Crippen molar-refractivity contribution in [2.24, 2.45) is 10.2 Å². The lowest BCUT2D eigenvalue weighted by Crippen LogP contribution is -2.00. The third kappa shape index (κ3) is 5.25. The van der Waals surface area contributed by atoms with E-state index in [9.17, 15) is 9.59 Å². The summed E-state index contributed by atoms with van der Waals surface area (Å²) in [6.45, 7) is 5.47. The molecule has 1 aromatic carbocycles. The van der Waals surface area contributed by atoms with Crippen molar-refractivity contribution in [2.45, 2.75) is 20.8 Å². The Hall–Kier alpha value is -2.30. The first-order valence-electron chi connectivity index (χ1n) is 5.90. The van der Waals surface area contributed by atoms with E-state index >= 15 is 0 Å². The van der Waals surface area contributed by atoms with Gasteiger partial charge in [0.1, 0.15) is 0 Å². The van der Waals surface area contributed by atoms with Crippen molar-refractivity contribution in [3.8, 4) is 0 Å². The molecule has 1 rings (SSSR count). The second-order valence-electron chi connectivity index (χ2n) is 3.91. The number of amides is 1. The van der Waals surface area contributed by atoms with Gasteiger partial charge < -0.3 is 4.74 Å². The summed E-state index contributed by atoms with van der Waals surface area (Å²) in [6.07, 6.45) is 1.19. The fourth-order valence-corrected chi connectivity index (χ4v) is 1.34. The van der Waals surface area contributed by atoms with E-state index in [1.54, 1.807) is 32.0 Å². The average molecular weight is 260 g/mol. The number of esters is 1. The number of nitrogens with zero attached hydrogens (tertiary/aromatic N) is 2. The number of ether oxygens (including phenoxy) is 1. The molecule has 0 aliphatic heterocycles. The molecule has 1 aromatic rings. The van der Waals surface area contributed by atoms with Gasteiger partial charge in [-0.25, -0.2) is 4.79 Å². The molecule has 5 heteroatoms. The van der Waals surface area contributed by atoms with Gasteiger partial charge in [-0.3, -0.25) is 4.79 Å². The normalized spacial score (nSPS) is 11.6. The molecule has 0 atom stereocenters. The Kier molecular flexibility index (Phi) is 5.60. The molecule has 0 spiro atoms. The number of allylic oxidation sites excluding steroid dienone is 1. The van der Waals surface area contributed by atoms with E-state index in [1.165, 1.54) is 6.08 Å². The van der Waals surface area contributed by atoms with Crippen LogP contribution in [0.2, 0.25) is 0 Å². The van der Waals surface area contributed by atoms with Crippen molar-refractivity contribution in [3.05, 3.63) is 47.2 Å². The third-order valence-corrected chi connectivity index (χ3v) is 2.18. The minimum Gasteiger partial charge on any atom is -0.463 e. The summed E-state index contributed by atoms with van der Waals surface area (Å²) in [5.74, 6) is -0.942. The molecule has 0 unspecified atom stereocenters. The fraction of sp³-hybridized carbons (Fsp3) is 0.286. The van der Waals surface area contributed by atoms with Gasteiger partial charge in [-0.1, -0.05) is 17.7 Å². The van der Waals surface area contributed by atoms with Crippen LogP contribution in [0.5, 0.6) is 0 Å². The van der Waals surface area contributed by atoms with Gasteiger partial charge in [-0.15, -0.1) is 5.11 Å². The van der Waals surface area contributed by atoms with Gasteiger partial charge >= 0.3 is 5.97 Å². The number of benzene rings is 1. The van der Waals surface area contributed by atoms with Crippen LogP contribution in [0.1, 0.15) is 29.8 Å². The maximum Gasteiger partial charge on any atom is 0.332 e. The summed E-state index contributed by atoms with van der Waals surface area (Å²) in [6, 6.07) is 7.06. The zero-order valence-electron chi connectivity index (χ0n) is 11.2. The van der Waals surface area contributed by atoms with E-state index in [0.717, 1.165) is 5.56 Å². The summed E-state index contributed by atoms with van der Waals surface area (Å²) in [5.41, 5.74) is 1.76. The Labute approximate surface area is 112 Å². The number of carbonyl (C=O) groups is 2. The smallest absolute Gasteiger partial charge is 0.332 e. The van der Waals surface area contributed by atoms with E-state index < -0.39 is 11.9 Å². The van der Waals surface area contributed by atoms with E-state index in [-0.39, 0.29) is 0 Å². The van der Waals surface area contributed by atoms with E-state index in [1.807, 2.05) is 13.0 Å². The minimum atomic E-state index is -0.498. The zero-order chi connectivity index (χ0) is 14.3. The SMILES string of the molecule is CCOC(=O)/C=C(\C)N=NC(=O)c1cccc(C)c1. The molecule has 0 aliphatic carbocycles. The molecule has 0 N–H and O–H groups in total. The van der Waals surface area contributed by atoms with E-state index in [0.29, 0.717) is 17.9 Å². The van der Waals surface area contributed by atoms with Crippen LogP contribution in [0.3, 0.4) is 0 Å². The van der Waals surface area contributed by atoms with Crippen molar-refractivity contribution < 1.29 is 14.3 Å². The molecule has 0 bridgehead atoms. The van der Waals surface area contributed by atoms with Crippen molar-refractivity contribution in [1.82, 2.24) is 0 Å². The highest BCUT2D eigenvalue weighted by molar-refractivity contribution is 5.94. The van der Waals surface area contributed by atoms with Gasteiger partial charge in [0.15, 0.2) is 0 Å². The number of carbonyl (C=O) groups excluding carboxylic acids is 2. The van der Waals surface area contributed by atoms with Crippen LogP contribution >= 0.6 is 0 Å². The van der Waals surface area contributed by atoms with Crippen LogP contribution < -0.4 is 0 Å². The van der Waals surface area contributed by atoms with Crippen LogP contribution in [0, 0.1) is 6.92 Å². The van der Waals surface area contributed by atoms with Crippen LogP contribution in [-0.4, -0.2) is 18.5 Å². The molecule has 0 radical (unpaired) electrons. The molecule has 1 amide bonds. The largest absolute Gasteiger partial charge is 0.463 e. The first-order valence-corrected chi connectivity index (χ1v) is 5.90. The van der Waals surface area contributed by atoms with Gasteiger partial charge in [0.05, 0.1) is 12.3 Å². The first-order chi connectivity index (χ1) is 9.02. The molecule has 19 heavy (non-hydrogen) atoms. The maximum absolute atomic E-state index is 11.7. The van der Waals surface area contributed by atoms with Gasteiger partial charge in [0, 0.05) is 11.6 Å². The predicted octanol–water partition coefficient (Wildman–Crippen LogP) is 3.05. The van der Waals surface area contributed by atoms with Gasteiger partial charge in [0.2, 0.25) is 0 Å². The summed E-state index contributed by atoms with van der Waals surface area (Å²) in [5, 5.41) is 7.25. The fourth-order valence-electron chi connectivity index (χ4n) is 1.34. The van der Waals surface area contributed by atoms with Crippen molar-refractivity contribution in [3.63, 3.8) is 0 Å². The topological polar surface area (TPSA) is 68.1 Å². The molecule has 0 aromatic heterocycles. The molecule has 0 aliphatic rings. The third-order valence-electron chi connectivity index (χ3n) is 2.18. The lowest BCUT2D eigenvalue weighted by molar-refractivity contribution is -0.137. The van der Waals surface area contributed by atoms with Crippen LogP contribution in [0.15, 0.2) is 46.3 Å². The summed E-state index contributed by atoms with van der Waals surface area (Å²) in [7, 11) is 0. The molecule has 0 saturated carbocycles. The molecular formula is C14H16N2O3. The highest BCUT2D eigenvalue weighted by Crippen LogP contribution is 2.07. The van der Waals surface area contributed by atoms with Gasteiger partial charge in [-0.2, -0.15) is 5.11 Å². The molecule has 100 valence electrons. The summed E-state index contributed by atoms with van der Waals surface area (Å²) < 4.78 is 4.72. The van der Waals surface area contributed by atoms with Crippen molar-refractivity contribution >= 4 is 11.9 Å². The lowest BCUT2D eigenvalue weighted by atomic mass is 10.1. The zero-order valence-corrected chi connectivity index (χ0v) is 11.2. The standard InChI is InChI=1S/C14H16N2O3/c1-4-19-13(17)9-11(3)15-16-14(18)12-7-5-6-10(2)8-12/h5-9H,4H2,1-3H3/b11-9+,16-15?. The first kappa shape index (κ1) is 14.8. The maximum atomic E-state index is 11.7. The molecular weight excluding hydrogens is 244 g/mol. The monoisotopic (exact) mass is 260 g/mol. The van der Waals surface area contributed by atoms with E-state index in [2.05, 4.69) is 10.2 Å². The second kappa shape index (κ2) is 7.20. The Morgan fingerprint density at radius 2 is 2.05 bits per heavy atom. The number of rotatable bonds is 4.